The number of hydrogen-bond donors (Lipinski definition) is 1. The van der Waals surface area contributed by atoms with Gasteiger partial charge in [-0.05, 0) is 43.0 Å². The van der Waals surface area contributed by atoms with Gasteiger partial charge in [0.05, 0.1) is 11.4 Å². The first-order chi connectivity index (χ1) is 15.0. The Balaban J connectivity index is 1.44. The number of carbonyl (C=O) groups is 1. The Kier molecular flexibility index (Phi) is 6.29. The highest BCUT2D eigenvalue weighted by Crippen LogP contribution is 2.28. The van der Waals surface area contributed by atoms with E-state index in [1.165, 1.54) is 10.4 Å². The maximum atomic E-state index is 13.7. The van der Waals surface area contributed by atoms with Crippen LogP contribution in [0.2, 0.25) is 0 Å². The van der Waals surface area contributed by atoms with Crippen LogP contribution in [0.1, 0.15) is 18.4 Å². The third kappa shape index (κ3) is 4.60. The molecule has 0 aliphatic carbocycles. The van der Waals surface area contributed by atoms with E-state index in [0.29, 0.717) is 43.4 Å². The van der Waals surface area contributed by atoms with Gasteiger partial charge in [-0.25, -0.2) is 12.8 Å². The smallest absolute Gasteiger partial charge is 0.245 e. The third-order valence-electron chi connectivity index (χ3n) is 5.62. The van der Waals surface area contributed by atoms with Crippen LogP contribution >= 0.6 is 0 Å². The molecule has 8 heteroatoms. The molecule has 1 N–H and O–H groups in total. The first kappa shape index (κ1) is 21.4. The van der Waals surface area contributed by atoms with Crippen molar-refractivity contribution in [1.82, 2.24) is 14.6 Å². The van der Waals surface area contributed by atoms with Gasteiger partial charge in [0.25, 0.3) is 0 Å². The maximum absolute atomic E-state index is 13.7. The summed E-state index contributed by atoms with van der Waals surface area (Å²) in [5.41, 5.74) is 0.973. The summed E-state index contributed by atoms with van der Waals surface area (Å²) in [5, 5.41) is 3.58. The summed E-state index contributed by atoms with van der Waals surface area (Å²) in [5.74, 6) is -0.935. The van der Waals surface area contributed by atoms with Crippen LogP contribution in [-0.4, -0.2) is 43.2 Å². The van der Waals surface area contributed by atoms with Gasteiger partial charge in [0.15, 0.2) is 0 Å². The molecule has 1 fully saturated rings. The van der Waals surface area contributed by atoms with Crippen LogP contribution in [0.25, 0.3) is 10.9 Å². The maximum Gasteiger partial charge on any atom is 0.245 e. The molecular weight excluding hydrogens is 417 g/mol. The summed E-state index contributed by atoms with van der Waals surface area (Å²) < 4.78 is 41.7. The van der Waals surface area contributed by atoms with Crippen molar-refractivity contribution in [2.24, 2.45) is 5.92 Å². The molecule has 1 saturated heterocycles. The van der Waals surface area contributed by atoms with Crippen molar-refractivity contribution in [1.29, 1.82) is 0 Å². The van der Waals surface area contributed by atoms with E-state index in [9.17, 15) is 17.6 Å². The Morgan fingerprint density at radius 1 is 1.13 bits per heavy atom. The highest BCUT2D eigenvalue weighted by molar-refractivity contribution is 7.89. The quantitative estimate of drug-likeness (QED) is 0.637. The van der Waals surface area contributed by atoms with E-state index in [1.807, 2.05) is 12.1 Å². The number of nitrogens with zero attached hydrogens (tertiary/aromatic N) is 2. The minimum atomic E-state index is -3.78. The number of nitrogens with one attached hydrogen (secondary N) is 1. The zero-order valence-electron chi connectivity index (χ0n) is 17.0. The first-order valence-corrected chi connectivity index (χ1v) is 11.8. The van der Waals surface area contributed by atoms with Crippen LogP contribution < -0.4 is 5.32 Å². The molecule has 162 valence electrons. The normalized spacial score (nSPS) is 17.5. The van der Waals surface area contributed by atoms with Gasteiger partial charge in [-0.15, -0.1) is 0 Å². The number of piperidine rings is 1. The monoisotopic (exact) mass is 441 g/mol. The first-order valence-electron chi connectivity index (χ1n) is 10.3. The summed E-state index contributed by atoms with van der Waals surface area (Å²) >= 11 is 0. The molecule has 3 aromatic rings. The van der Waals surface area contributed by atoms with Crippen LogP contribution in [0.3, 0.4) is 0 Å². The van der Waals surface area contributed by atoms with Gasteiger partial charge >= 0.3 is 0 Å². The molecule has 0 radical (unpaired) electrons. The van der Waals surface area contributed by atoms with Crippen molar-refractivity contribution in [3.8, 4) is 0 Å². The Morgan fingerprint density at radius 2 is 1.94 bits per heavy atom. The molecule has 0 spiro atoms. The van der Waals surface area contributed by atoms with Crippen molar-refractivity contribution in [2.75, 3.05) is 19.6 Å². The van der Waals surface area contributed by atoms with Gasteiger partial charge in [-0.1, -0.05) is 36.4 Å². The fourth-order valence-corrected chi connectivity index (χ4v) is 5.65. The van der Waals surface area contributed by atoms with Crippen LogP contribution in [0.4, 0.5) is 4.39 Å². The molecule has 1 amide bonds. The van der Waals surface area contributed by atoms with E-state index in [4.69, 9.17) is 0 Å². The summed E-state index contributed by atoms with van der Waals surface area (Å²) in [6.45, 7) is 0.790. The molecule has 31 heavy (non-hydrogen) atoms. The summed E-state index contributed by atoms with van der Waals surface area (Å²) in [6, 6.07) is 15.1. The second kappa shape index (κ2) is 9.11. The number of para-hydroxylation sites is 1. The Labute approximate surface area is 181 Å². The number of pyridine rings is 1. The number of carbonyl (C=O) groups excluding carboxylic acids is 1. The number of halogens is 1. The highest BCUT2D eigenvalue weighted by Gasteiger charge is 2.34. The van der Waals surface area contributed by atoms with Crippen LogP contribution in [0.15, 0.2) is 65.7 Å². The molecular formula is C23H24FN3O3S. The second-order valence-electron chi connectivity index (χ2n) is 7.67. The van der Waals surface area contributed by atoms with E-state index in [1.54, 1.807) is 42.6 Å². The zero-order chi connectivity index (χ0) is 21.8. The molecule has 4 rings (SSSR count). The number of hydrogen-bond acceptors (Lipinski definition) is 4. The second-order valence-corrected chi connectivity index (χ2v) is 9.57. The number of rotatable bonds is 6. The van der Waals surface area contributed by atoms with Gasteiger partial charge < -0.3 is 5.32 Å². The lowest BCUT2D eigenvalue weighted by Gasteiger charge is -2.31. The fraction of sp³-hybridized carbons (Fsp3) is 0.304. The van der Waals surface area contributed by atoms with Crippen LogP contribution in [0, 0.1) is 11.7 Å². The van der Waals surface area contributed by atoms with E-state index in [-0.39, 0.29) is 23.2 Å². The Morgan fingerprint density at radius 3 is 2.77 bits per heavy atom. The Bertz CT molecular complexity index is 1190. The van der Waals surface area contributed by atoms with E-state index < -0.39 is 15.9 Å². The largest absolute Gasteiger partial charge is 0.355 e. The minimum Gasteiger partial charge on any atom is -0.355 e. The number of benzene rings is 2. The van der Waals surface area contributed by atoms with Gasteiger partial charge in [0.2, 0.25) is 15.9 Å². The lowest BCUT2D eigenvalue weighted by Crippen LogP contribution is -2.45. The van der Waals surface area contributed by atoms with Gasteiger partial charge in [-0.2, -0.15) is 4.31 Å². The van der Waals surface area contributed by atoms with Crippen molar-refractivity contribution in [2.45, 2.75) is 24.2 Å². The van der Waals surface area contributed by atoms with Gasteiger partial charge in [0.1, 0.15) is 10.7 Å². The van der Waals surface area contributed by atoms with Crippen molar-refractivity contribution in [3.05, 3.63) is 72.2 Å². The van der Waals surface area contributed by atoms with Crippen molar-refractivity contribution in [3.63, 3.8) is 0 Å². The topological polar surface area (TPSA) is 79.4 Å². The van der Waals surface area contributed by atoms with E-state index >= 15 is 0 Å². The number of aromatic nitrogens is 1. The fourth-order valence-electron chi connectivity index (χ4n) is 3.96. The SMILES string of the molecule is O=C(NCCc1ccccc1F)C1CCCN(S(=O)(=O)c2cccc3cccnc23)C1. The minimum absolute atomic E-state index is 0.122. The molecule has 1 aliphatic heterocycles. The predicted octanol–water partition coefficient (Wildman–Crippen LogP) is 3.13. The van der Waals surface area contributed by atoms with Crippen LogP contribution in [0.5, 0.6) is 0 Å². The molecule has 0 saturated carbocycles. The molecule has 1 atom stereocenters. The summed E-state index contributed by atoms with van der Waals surface area (Å²) in [6.07, 6.45) is 3.17. The van der Waals surface area contributed by atoms with Crippen molar-refractivity contribution >= 4 is 26.8 Å². The molecule has 1 aliphatic rings. The van der Waals surface area contributed by atoms with Crippen molar-refractivity contribution < 1.29 is 17.6 Å². The average molecular weight is 442 g/mol. The molecule has 0 bridgehead atoms. The van der Waals surface area contributed by atoms with Gasteiger partial charge in [-0.3, -0.25) is 9.78 Å². The molecule has 6 nitrogen and oxygen atoms in total. The Hall–Kier alpha value is -2.84. The standard InChI is InChI=1S/C23H24FN3O3S/c24-20-10-2-1-6-17(20)12-14-26-23(28)19-9-5-15-27(16-19)31(29,30)21-11-3-7-18-8-4-13-25-22(18)21/h1-4,6-8,10-11,13,19H,5,9,12,14-16H2,(H,26,28). The van der Waals surface area contributed by atoms with E-state index in [0.717, 1.165) is 5.39 Å². The van der Waals surface area contributed by atoms with Gasteiger partial charge in [0, 0.05) is 31.2 Å². The third-order valence-corrected chi connectivity index (χ3v) is 7.52. The lowest BCUT2D eigenvalue weighted by atomic mass is 9.99. The predicted molar refractivity (Wildman–Crippen MR) is 116 cm³/mol. The summed E-state index contributed by atoms with van der Waals surface area (Å²) in [7, 11) is -3.78. The molecule has 2 aromatic carbocycles. The number of sulfonamides is 1. The van der Waals surface area contributed by atoms with E-state index in [2.05, 4.69) is 10.3 Å². The zero-order valence-corrected chi connectivity index (χ0v) is 17.8. The number of amides is 1. The summed E-state index contributed by atoms with van der Waals surface area (Å²) in [4.78, 5) is 17.1. The average Bonchev–Trinajstić information content (AvgIpc) is 2.80. The highest BCUT2D eigenvalue weighted by atomic mass is 32.2. The molecule has 1 unspecified atom stereocenters. The molecule has 2 heterocycles. The lowest BCUT2D eigenvalue weighted by molar-refractivity contribution is -0.126. The molecule has 1 aromatic heterocycles. The van der Waals surface area contributed by atoms with Crippen LogP contribution in [-0.2, 0) is 21.2 Å². The number of fused-ring (bicyclic) bond motifs is 1.